The standard InChI is InChI=1S/C19H30N4O3/c1-20-7-4-16-5-8-21(9-6-16)15-18(24)22-10-12-23(13-11-22)19(25)17-3-2-14-26-17/h2-3,14,16,20H,4-13,15H2,1H3. The third-order valence-electron chi connectivity index (χ3n) is 5.52. The fraction of sp³-hybridized carbons (Fsp3) is 0.684. The zero-order chi connectivity index (χ0) is 18.4. The fourth-order valence-electron chi connectivity index (χ4n) is 3.79. The lowest BCUT2D eigenvalue weighted by molar-refractivity contribution is -0.134. The Morgan fingerprint density at radius 3 is 2.42 bits per heavy atom. The summed E-state index contributed by atoms with van der Waals surface area (Å²) in [4.78, 5) is 30.8. The fourth-order valence-corrected chi connectivity index (χ4v) is 3.79. The monoisotopic (exact) mass is 362 g/mol. The zero-order valence-corrected chi connectivity index (χ0v) is 15.7. The van der Waals surface area contributed by atoms with Crippen LogP contribution in [0, 0.1) is 5.92 Å². The van der Waals surface area contributed by atoms with Crippen molar-refractivity contribution in [2.45, 2.75) is 19.3 Å². The normalized spacial score (nSPS) is 19.7. The molecule has 0 radical (unpaired) electrons. The van der Waals surface area contributed by atoms with Gasteiger partial charge in [-0.2, -0.15) is 0 Å². The minimum absolute atomic E-state index is 0.0919. The summed E-state index contributed by atoms with van der Waals surface area (Å²) in [5.41, 5.74) is 0. The molecule has 26 heavy (non-hydrogen) atoms. The van der Waals surface area contributed by atoms with Crippen molar-refractivity contribution in [1.82, 2.24) is 20.0 Å². The van der Waals surface area contributed by atoms with Gasteiger partial charge in [0.25, 0.3) is 5.91 Å². The molecule has 1 N–H and O–H groups in total. The Balaban J connectivity index is 1.38. The summed E-state index contributed by atoms with van der Waals surface area (Å²) in [5, 5.41) is 3.21. The molecule has 7 heteroatoms. The molecule has 2 aliphatic heterocycles. The number of hydrogen-bond donors (Lipinski definition) is 1. The second kappa shape index (κ2) is 9.19. The molecule has 0 atom stereocenters. The van der Waals surface area contributed by atoms with E-state index in [1.807, 2.05) is 11.9 Å². The van der Waals surface area contributed by atoms with Crippen LogP contribution in [0.5, 0.6) is 0 Å². The van der Waals surface area contributed by atoms with Gasteiger partial charge in [0, 0.05) is 26.2 Å². The average Bonchev–Trinajstić information content (AvgIpc) is 3.22. The Morgan fingerprint density at radius 1 is 1.12 bits per heavy atom. The number of likely N-dealkylation sites (tertiary alicyclic amines) is 1. The van der Waals surface area contributed by atoms with E-state index in [4.69, 9.17) is 4.42 Å². The van der Waals surface area contributed by atoms with Gasteiger partial charge in [-0.3, -0.25) is 14.5 Å². The van der Waals surface area contributed by atoms with Crippen molar-refractivity contribution in [2.24, 2.45) is 5.92 Å². The highest BCUT2D eigenvalue weighted by Crippen LogP contribution is 2.20. The molecule has 3 heterocycles. The molecule has 7 nitrogen and oxygen atoms in total. The first-order valence-electron chi connectivity index (χ1n) is 9.65. The predicted octanol–water partition coefficient (Wildman–Crippen LogP) is 0.886. The van der Waals surface area contributed by atoms with Gasteiger partial charge in [-0.1, -0.05) is 0 Å². The van der Waals surface area contributed by atoms with E-state index in [2.05, 4.69) is 10.2 Å². The Morgan fingerprint density at radius 2 is 1.81 bits per heavy atom. The summed E-state index contributed by atoms with van der Waals surface area (Å²) >= 11 is 0. The Kier molecular flexibility index (Phi) is 6.68. The highest BCUT2D eigenvalue weighted by molar-refractivity contribution is 5.91. The molecule has 0 unspecified atom stereocenters. The van der Waals surface area contributed by atoms with Crippen molar-refractivity contribution in [3.8, 4) is 0 Å². The molecule has 144 valence electrons. The van der Waals surface area contributed by atoms with Crippen LogP contribution in [-0.2, 0) is 4.79 Å². The van der Waals surface area contributed by atoms with Crippen LogP contribution in [0.2, 0.25) is 0 Å². The summed E-state index contributed by atoms with van der Waals surface area (Å²) in [5.74, 6) is 1.24. The van der Waals surface area contributed by atoms with Crippen molar-refractivity contribution < 1.29 is 14.0 Å². The minimum Gasteiger partial charge on any atom is -0.459 e. The number of amides is 2. The molecule has 1 aromatic heterocycles. The maximum absolute atomic E-state index is 12.6. The number of rotatable bonds is 6. The van der Waals surface area contributed by atoms with E-state index in [9.17, 15) is 9.59 Å². The molecule has 0 bridgehead atoms. The van der Waals surface area contributed by atoms with Crippen molar-refractivity contribution in [3.63, 3.8) is 0 Å². The first-order chi connectivity index (χ1) is 12.7. The van der Waals surface area contributed by atoms with Gasteiger partial charge in [0.05, 0.1) is 12.8 Å². The van der Waals surface area contributed by atoms with Crippen molar-refractivity contribution in [1.29, 1.82) is 0 Å². The largest absolute Gasteiger partial charge is 0.459 e. The highest BCUT2D eigenvalue weighted by atomic mass is 16.3. The van der Waals surface area contributed by atoms with E-state index in [-0.39, 0.29) is 11.8 Å². The second-order valence-electron chi connectivity index (χ2n) is 7.26. The van der Waals surface area contributed by atoms with Crippen molar-refractivity contribution in [3.05, 3.63) is 24.2 Å². The van der Waals surface area contributed by atoms with Gasteiger partial charge in [-0.15, -0.1) is 0 Å². The summed E-state index contributed by atoms with van der Waals surface area (Å²) in [6.07, 6.45) is 5.10. The first kappa shape index (κ1) is 18.9. The summed E-state index contributed by atoms with van der Waals surface area (Å²) < 4.78 is 5.17. The molecule has 1 aromatic rings. The molecule has 2 fully saturated rings. The van der Waals surface area contributed by atoms with E-state index in [1.165, 1.54) is 25.5 Å². The van der Waals surface area contributed by atoms with Crippen LogP contribution in [-0.4, -0.2) is 85.9 Å². The van der Waals surface area contributed by atoms with Crippen LogP contribution in [0.1, 0.15) is 29.8 Å². The molecular formula is C19H30N4O3. The van der Waals surface area contributed by atoms with Crippen LogP contribution in [0.4, 0.5) is 0 Å². The third-order valence-corrected chi connectivity index (χ3v) is 5.52. The lowest BCUT2D eigenvalue weighted by Gasteiger charge is -2.37. The zero-order valence-electron chi connectivity index (χ0n) is 15.7. The Bertz CT molecular complexity index is 574. The van der Waals surface area contributed by atoms with Gasteiger partial charge in [0.15, 0.2) is 5.76 Å². The molecule has 0 saturated carbocycles. The van der Waals surface area contributed by atoms with Gasteiger partial charge >= 0.3 is 0 Å². The molecule has 0 aromatic carbocycles. The third kappa shape index (κ3) is 4.86. The van der Waals surface area contributed by atoms with E-state index in [0.29, 0.717) is 38.5 Å². The SMILES string of the molecule is CNCCC1CCN(CC(=O)N2CCN(C(=O)c3ccco3)CC2)CC1. The van der Waals surface area contributed by atoms with Gasteiger partial charge in [-0.05, 0) is 64.0 Å². The van der Waals surface area contributed by atoms with Gasteiger partial charge in [-0.25, -0.2) is 0 Å². The Hall–Kier alpha value is -1.86. The van der Waals surface area contributed by atoms with Crippen LogP contribution < -0.4 is 5.32 Å². The topological polar surface area (TPSA) is 69.0 Å². The first-order valence-corrected chi connectivity index (χ1v) is 9.65. The smallest absolute Gasteiger partial charge is 0.289 e. The van der Waals surface area contributed by atoms with Gasteiger partial charge in [0.2, 0.25) is 5.91 Å². The molecule has 0 aliphatic carbocycles. The number of piperidine rings is 1. The lowest BCUT2D eigenvalue weighted by atomic mass is 9.93. The average molecular weight is 362 g/mol. The number of piperazine rings is 1. The van der Waals surface area contributed by atoms with E-state index in [0.717, 1.165) is 25.6 Å². The number of nitrogens with zero attached hydrogens (tertiary/aromatic N) is 3. The summed E-state index contributed by atoms with van der Waals surface area (Å²) in [7, 11) is 2.00. The van der Waals surface area contributed by atoms with Gasteiger partial charge < -0.3 is 19.5 Å². The van der Waals surface area contributed by atoms with Crippen LogP contribution in [0.3, 0.4) is 0 Å². The van der Waals surface area contributed by atoms with E-state index >= 15 is 0 Å². The molecule has 2 amide bonds. The Labute approximate surface area is 155 Å². The number of nitrogens with one attached hydrogen (secondary N) is 1. The summed E-state index contributed by atoms with van der Waals surface area (Å²) in [6, 6.07) is 3.40. The quantitative estimate of drug-likeness (QED) is 0.814. The second-order valence-corrected chi connectivity index (χ2v) is 7.26. The van der Waals surface area contributed by atoms with Crippen LogP contribution in [0.25, 0.3) is 0 Å². The summed E-state index contributed by atoms with van der Waals surface area (Å²) in [6.45, 7) is 5.94. The number of carbonyl (C=O) groups is 2. The van der Waals surface area contributed by atoms with E-state index < -0.39 is 0 Å². The molecule has 2 saturated heterocycles. The van der Waals surface area contributed by atoms with Gasteiger partial charge in [0.1, 0.15) is 0 Å². The van der Waals surface area contributed by atoms with Crippen LogP contribution in [0.15, 0.2) is 22.8 Å². The maximum Gasteiger partial charge on any atom is 0.289 e. The molecule has 0 spiro atoms. The maximum atomic E-state index is 12.6. The molecule has 3 rings (SSSR count). The minimum atomic E-state index is -0.0919. The van der Waals surface area contributed by atoms with Crippen molar-refractivity contribution >= 4 is 11.8 Å². The number of hydrogen-bond acceptors (Lipinski definition) is 5. The predicted molar refractivity (Wildman–Crippen MR) is 98.9 cm³/mol. The molecular weight excluding hydrogens is 332 g/mol. The highest BCUT2D eigenvalue weighted by Gasteiger charge is 2.27. The van der Waals surface area contributed by atoms with Crippen LogP contribution >= 0.6 is 0 Å². The number of carbonyl (C=O) groups excluding carboxylic acids is 2. The van der Waals surface area contributed by atoms with E-state index in [1.54, 1.807) is 17.0 Å². The number of furan rings is 1. The molecule has 2 aliphatic rings. The lowest BCUT2D eigenvalue weighted by Crippen LogP contribution is -2.53. The van der Waals surface area contributed by atoms with Crippen molar-refractivity contribution in [2.75, 3.05) is 59.4 Å².